The molecule has 184 valence electrons. The summed E-state index contributed by atoms with van der Waals surface area (Å²) < 4.78 is 0. The highest BCUT2D eigenvalue weighted by Crippen LogP contribution is 2.68. The highest BCUT2D eigenvalue weighted by Gasteiger charge is 2.63. The summed E-state index contributed by atoms with van der Waals surface area (Å²) in [5.74, 6) is 6.56. The second-order valence-electron chi connectivity index (χ2n) is 13.6. The Labute approximate surface area is 199 Å². The van der Waals surface area contributed by atoms with E-state index in [0.717, 1.165) is 54.3 Å². The molecule has 3 saturated carbocycles. The van der Waals surface area contributed by atoms with Crippen molar-refractivity contribution in [2.75, 3.05) is 7.05 Å². The lowest BCUT2D eigenvalue weighted by Crippen LogP contribution is -2.63. The minimum atomic E-state index is 0.347. The summed E-state index contributed by atoms with van der Waals surface area (Å²) in [4.78, 5) is 14.8. The molecule has 2 nitrogen and oxygen atoms in total. The number of carbonyl (C=O) groups excluding carboxylic acids is 1. The van der Waals surface area contributed by atoms with E-state index in [0.29, 0.717) is 22.8 Å². The van der Waals surface area contributed by atoms with Crippen LogP contribution in [-0.2, 0) is 4.79 Å². The van der Waals surface area contributed by atoms with Crippen LogP contribution in [0.5, 0.6) is 0 Å². The molecule has 9 atom stereocenters. The SMILES string of the molecule is CCC[C@H]1CC2N(C)C(=O)CC[C@]2(C)[C@H]2CC[C@]3(C)[C@@H]([C@H](C)CCCC(C)C)CC[C@H]3[C@H]12. The van der Waals surface area contributed by atoms with Crippen LogP contribution in [0.1, 0.15) is 119 Å². The average Bonchev–Trinajstić information content (AvgIpc) is 3.09. The molecule has 32 heavy (non-hydrogen) atoms. The molecule has 1 heterocycles. The zero-order valence-electron chi connectivity index (χ0n) is 22.5. The largest absolute Gasteiger partial charge is 0.342 e. The van der Waals surface area contributed by atoms with E-state index in [9.17, 15) is 4.79 Å². The summed E-state index contributed by atoms with van der Waals surface area (Å²) in [6.45, 7) is 15.0. The van der Waals surface area contributed by atoms with Gasteiger partial charge in [0.1, 0.15) is 0 Å². The third-order valence-corrected chi connectivity index (χ3v) is 11.6. The van der Waals surface area contributed by atoms with Gasteiger partial charge in [-0.1, -0.05) is 73.6 Å². The van der Waals surface area contributed by atoms with Crippen LogP contribution in [0.4, 0.5) is 0 Å². The first-order valence-electron chi connectivity index (χ1n) is 14.4. The highest BCUT2D eigenvalue weighted by molar-refractivity contribution is 5.77. The molecule has 1 aliphatic heterocycles. The van der Waals surface area contributed by atoms with Gasteiger partial charge in [0.15, 0.2) is 0 Å². The molecule has 4 aliphatic rings. The van der Waals surface area contributed by atoms with Crippen LogP contribution in [0, 0.1) is 52.3 Å². The summed E-state index contributed by atoms with van der Waals surface area (Å²) >= 11 is 0. The van der Waals surface area contributed by atoms with Gasteiger partial charge in [-0.2, -0.15) is 0 Å². The van der Waals surface area contributed by atoms with Crippen molar-refractivity contribution < 1.29 is 4.79 Å². The second-order valence-corrected chi connectivity index (χ2v) is 13.6. The summed E-state index contributed by atoms with van der Waals surface area (Å²) in [7, 11) is 2.12. The lowest BCUT2D eigenvalue weighted by atomic mass is 9.43. The summed E-state index contributed by atoms with van der Waals surface area (Å²) in [5.41, 5.74) is 0.907. The van der Waals surface area contributed by atoms with Crippen LogP contribution >= 0.6 is 0 Å². The first-order chi connectivity index (χ1) is 15.1. The number of nitrogens with zero attached hydrogens (tertiary/aromatic N) is 1. The van der Waals surface area contributed by atoms with E-state index in [1.165, 1.54) is 64.2 Å². The Bertz CT molecular complexity index is 672. The number of likely N-dealkylation sites (tertiary alicyclic amines) is 1. The van der Waals surface area contributed by atoms with Crippen molar-refractivity contribution in [3.05, 3.63) is 0 Å². The average molecular weight is 444 g/mol. The Morgan fingerprint density at radius 3 is 2.41 bits per heavy atom. The van der Waals surface area contributed by atoms with E-state index < -0.39 is 0 Å². The van der Waals surface area contributed by atoms with Crippen LogP contribution in [0.25, 0.3) is 0 Å². The second kappa shape index (κ2) is 9.26. The summed E-state index contributed by atoms with van der Waals surface area (Å²) in [5, 5.41) is 0. The maximum atomic E-state index is 12.6. The van der Waals surface area contributed by atoms with Crippen molar-refractivity contribution in [1.29, 1.82) is 0 Å². The third-order valence-electron chi connectivity index (χ3n) is 11.6. The molecular formula is C30H53NO. The highest BCUT2D eigenvalue weighted by atomic mass is 16.2. The van der Waals surface area contributed by atoms with Gasteiger partial charge in [0.25, 0.3) is 0 Å². The van der Waals surface area contributed by atoms with E-state index in [2.05, 4.69) is 53.5 Å². The van der Waals surface area contributed by atoms with Gasteiger partial charge in [0, 0.05) is 19.5 Å². The van der Waals surface area contributed by atoms with Crippen LogP contribution in [0.2, 0.25) is 0 Å². The van der Waals surface area contributed by atoms with E-state index in [-0.39, 0.29) is 0 Å². The third kappa shape index (κ3) is 3.98. The van der Waals surface area contributed by atoms with Crippen LogP contribution in [-0.4, -0.2) is 23.9 Å². The number of carbonyl (C=O) groups is 1. The molecule has 4 rings (SSSR count). The molecule has 0 radical (unpaired) electrons. The maximum Gasteiger partial charge on any atom is 0.222 e. The molecule has 0 N–H and O–H groups in total. The van der Waals surface area contributed by atoms with Crippen molar-refractivity contribution in [3.63, 3.8) is 0 Å². The van der Waals surface area contributed by atoms with Crippen LogP contribution < -0.4 is 0 Å². The molecule has 0 spiro atoms. The number of rotatable bonds is 7. The molecule has 1 saturated heterocycles. The van der Waals surface area contributed by atoms with E-state index in [4.69, 9.17) is 0 Å². The fourth-order valence-electron chi connectivity index (χ4n) is 9.97. The fraction of sp³-hybridized carbons (Fsp3) is 0.967. The summed E-state index contributed by atoms with van der Waals surface area (Å²) in [6.07, 6.45) is 15.9. The fourth-order valence-corrected chi connectivity index (χ4v) is 9.97. The van der Waals surface area contributed by atoms with E-state index in [1.807, 2.05) is 0 Å². The molecule has 4 fully saturated rings. The van der Waals surface area contributed by atoms with Gasteiger partial charge in [-0.3, -0.25) is 4.79 Å². The lowest BCUT2D eigenvalue weighted by molar-refractivity contribution is -0.169. The predicted octanol–water partition coefficient (Wildman–Crippen LogP) is 7.95. The van der Waals surface area contributed by atoms with Gasteiger partial charge in [0.05, 0.1) is 0 Å². The van der Waals surface area contributed by atoms with Gasteiger partial charge in [-0.05, 0) is 90.8 Å². The Hall–Kier alpha value is -0.530. The Balaban J connectivity index is 1.57. The van der Waals surface area contributed by atoms with Gasteiger partial charge < -0.3 is 4.90 Å². The minimum Gasteiger partial charge on any atom is -0.342 e. The van der Waals surface area contributed by atoms with Gasteiger partial charge >= 0.3 is 0 Å². The molecule has 1 unspecified atom stereocenters. The van der Waals surface area contributed by atoms with Crippen molar-refractivity contribution in [2.24, 2.45) is 52.3 Å². The number of amides is 1. The van der Waals surface area contributed by atoms with E-state index >= 15 is 0 Å². The Morgan fingerprint density at radius 1 is 1.00 bits per heavy atom. The topological polar surface area (TPSA) is 20.3 Å². The van der Waals surface area contributed by atoms with E-state index in [1.54, 1.807) is 0 Å². The number of fused-ring (bicyclic) bond motifs is 5. The molecule has 3 aliphatic carbocycles. The quantitative estimate of drug-likeness (QED) is 0.391. The number of piperidine rings is 1. The lowest BCUT2D eigenvalue weighted by Gasteiger charge is -2.64. The standard InChI is InChI=1S/C30H53NO/c1-8-10-22-19-26-30(6,18-16-27(32)31(26)7)25-15-17-29(5)23(13-14-24(29)28(22)25)21(4)12-9-11-20(2)3/h20-26,28H,8-19H2,1-7H3/t21-,22+,23-,24+,25+,26?,28+,29-,30-/m1/s1. The zero-order valence-corrected chi connectivity index (χ0v) is 22.5. The summed E-state index contributed by atoms with van der Waals surface area (Å²) in [6, 6.07) is 0.484. The minimum absolute atomic E-state index is 0.347. The number of hydrogen-bond acceptors (Lipinski definition) is 1. The first-order valence-corrected chi connectivity index (χ1v) is 14.4. The zero-order chi connectivity index (χ0) is 23.3. The Kier molecular flexibility index (Phi) is 7.11. The van der Waals surface area contributed by atoms with Gasteiger partial charge in [-0.15, -0.1) is 0 Å². The molecular weight excluding hydrogens is 390 g/mol. The van der Waals surface area contributed by atoms with Gasteiger partial charge in [0.2, 0.25) is 5.91 Å². The molecule has 2 heteroatoms. The normalized spacial score (nSPS) is 44.9. The Morgan fingerprint density at radius 2 is 1.72 bits per heavy atom. The van der Waals surface area contributed by atoms with Crippen molar-refractivity contribution in [1.82, 2.24) is 4.90 Å². The van der Waals surface area contributed by atoms with Crippen LogP contribution in [0.15, 0.2) is 0 Å². The van der Waals surface area contributed by atoms with Crippen LogP contribution in [0.3, 0.4) is 0 Å². The molecule has 0 bridgehead atoms. The maximum absolute atomic E-state index is 12.6. The predicted molar refractivity (Wildman–Crippen MR) is 135 cm³/mol. The van der Waals surface area contributed by atoms with Gasteiger partial charge in [-0.25, -0.2) is 0 Å². The molecule has 0 aromatic heterocycles. The number of hydrogen-bond donors (Lipinski definition) is 0. The van der Waals surface area contributed by atoms with Crippen molar-refractivity contribution in [2.45, 2.75) is 125 Å². The van der Waals surface area contributed by atoms with Crippen molar-refractivity contribution in [3.8, 4) is 0 Å². The molecule has 0 aromatic carbocycles. The monoisotopic (exact) mass is 443 g/mol. The smallest absolute Gasteiger partial charge is 0.222 e. The molecule has 0 aromatic rings. The van der Waals surface area contributed by atoms with Crippen molar-refractivity contribution >= 4 is 5.91 Å². The molecule has 1 amide bonds. The first kappa shape index (κ1) is 24.6.